The maximum Gasteiger partial charge on any atom is 0.356 e. The average Bonchev–Trinajstić information content (AvgIpc) is 2.67. The molecule has 0 saturated heterocycles. The van der Waals surface area contributed by atoms with Gasteiger partial charge in [0.15, 0.2) is 0 Å². The standard InChI is InChI=1S/C16H28N6O4/c17-5-7-19-9-11-21-25-15(23)13-1-2-14(4-3-13)16(24)26-22-12-10-20-8-6-18/h1-4,19-22H,5-12,17-18H2. The Morgan fingerprint density at radius 3 is 1.42 bits per heavy atom. The van der Waals surface area contributed by atoms with Crippen LogP contribution in [0.3, 0.4) is 0 Å². The van der Waals surface area contributed by atoms with E-state index in [4.69, 9.17) is 21.1 Å². The molecule has 0 aliphatic carbocycles. The molecule has 26 heavy (non-hydrogen) atoms. The molecular weight excluding hydrogens is 340 g/mol. The van der Waals surface area contributed by atoms with Gasteiger partial charge in [-0.1, -0.05) is 0 Å². The predicted octanol–water partition coefficient (Wildman–Crippen LogP) is -1.89. The van der Waals surface area contributed by atoms with Crippen LogP contribution in [0.5, 0.6) is 0 Å². The van der Waals surface area contributed by atoms with Crippen LogP contribution in [-0.4, -0.2) is 64.3 Å². The molecule has 1 aromatic carbocycles. The van der Waals surface area contributed by atoms with Crippen molar-refractivity contribution in [1.82, 2.24) is 21.6 Å². The van der Waals surface area contributed by atoms with E-state index in [-0.39, 0.29) is 0 Å². The normalized spacial score (nSPS) is 10.5. The molecule has 10 nitrogen and oxygen atoms in total. The second-order valence-corrected chi connectivity index (χ2v) is 5.22. The van der Waals surface area contributed by atoms with Crippen molar-refractivity contribution in [1.29, 1.82) is 0 Å². The lowest BCUT2D eigenvalue weighted by Gasteiger charge is -2.08. The smallest absolute Gasteiger partial charge is 0.356 e. The summed E-state index contributed by atoms with van der Waals surface area (Å²) in [4.78, 5) is 33.5. The Morgan fingerprint density at radius 2 is 1.08 bits per heavy atom. The molecule has 0 saturated carbocycles. The zero-order valence-electron chi connectivity index (χ0n) is 14.8. The number of carbonyl (C=O) groups is 2. The number of hydroxylamine groups is 2. The van der Waals surface area contributed by atoms with Crippen molar-refractivity contribution < 1.29 is 19.3 Å². The Morgan fingerprint density at radius 1 is 0.692 bits per heavy atom. The van der Waals surface area contributed by atoms with Gasteiger partial charge in [0.25, 0.3) is 0 Å². The van der Waals surface area contributed by atoms with Crippen LogP contribution in [0, 0.1) is 0 Å². The van der Waals surface area contributed by atoms with Gasteiger partial charge in [-0.15, -0.1) is 0 Å². The summed E-state index contributed by atoms with van der Waals surface area (Å²) in [5, 5.41) is 6.11. The van der Waals surface area contributed by atoms with Gasteiger partial charge in [0.05, 0.1) is 11.1 Å². The summed E-state index contributed by atoms with van der Waals surface area (Å²) in [6.07, 6.45) is 0. The summed E-state index contributed by atoms with van der Waals surface area (Å²) < 4.78 is 0. The fraction of sp³-hybridized carbons (Fsp3) is 0.500. The highest BCUT2D eigenvalue weighted by Gasteiger charge is 2.11. The molecule has 10 heteroatoms. The minimum atomic E-state index is -0.534. The van der Waals surface area contributed by atoms with Crippen molar-refractivity contribution in [3.8, 4) is 0 Å². The van der Waals surface area contributed by atoms with Crippen molar-refractivity contribution in [2.24, 2.45) is 11.5 Å². The van der Waals surface area contributed by atoms with Crippen LogP contribution >= 0.6 is 0 Å². The highest BCUT2D eigenvalue weighted by molar-refractivity contribution is 5.93. The topological polar surface area (TPSA) is 153 Å². The number of benzene rings is 1. The summed E-state index contributed by atoms with van der Waals surface area (Å²) in [7, 11) is 0. The third-order valence-electron chi connectivity index (χ3n) is 3.14. The van der Waals surface area contributed by atoms with Gasteiger partial charge in [-0.3, -0.25) is 0 Å². The molecule has 0 amide bonds. The molecule has 0 unspecified atom stereocenters. The molecule has 0 heterocycles. The van der Waals surface area contributed by atoms with E-state index in [0.717, 1.165) is 0 Å². The first-order chi connectivity index (χ1) is 12.7. The van der Waals surface area contributed by atoms with E-state index in [1.807, 2.05) is 0 Å². The largest absolute Gasteiger partial charge is 0.367 e. The van der Waals surface area contributed by atoms with Crippen LogP contribution in [0.15, 0.2) is 24.3 Å². The number of hydrogen-bond acceptors (Lipinski definition) is 10. The van der Waals surface area contributed by atoms with Crippen molar-refractivity contribution in [3.05, 3.63) is 35.4 Å². The first-order valence-electron chi connectivity index (χ1n) is 8.48. The van der Waals surface area contributed by atoms with Gasteiger partial charge in [-0.2, -0.15) is 11.0 Å². The Hall–Kier alpha value is -2.08. The van der Waals surface area contributed by atoms with Gasteiger partial charge in [0, 0.05) is 52.4 Å². The van der Waals surface area contributed by atoms with Gasteiger partial charge >= 0.3 is 11.9 Å². The molecule has 0 aromatic heterocycles. The first kappa shape index (κ1) is 22.0. The maximum absolute atomic E-state index is 11.8. The van der Waals surface area contributed by atoms with Gasteiger partial charge < -0.3 is 31.8 Å². The average molecular weight is 368 g/mol. The number of carbonyl (C=O) groups excluding carboxylic acids is 2. The number of nitrogens with two attached hydrogens (primary N) is 2. The molecule has 0 atom stereocenters. The minimum Gasteiger partial charge on any atom is -0.367 e. The number of hydrogen-bond donors (Lipinski definition) is 6. The molecule has 0 bridgehead atoms. The minimum absolute atomic E-state index is 0.322. The van der Waals surface area contributed by atoms with E-state index in [1.54, 1.807) is 0 Å². The highest BCUT2D eigenvalue weighted by atomic mass is 16.7. The fourth-order valence-corrected chi connectivity index (χ4v) is 1.83. The molecule has 146 valence electrons. The lowest BCUT2D eigenvalue weighted by Crippen LogP contribution is -2.32. The van der Waals surface area contributed by atoms with E-state index < -0.39 is 11.9 Å². The Balaban J connectivity index is 2.26. The van der Waals surface area contributed by atoms with E-state index in [9.17, 15) is 9.59 Å². The summed E-state index contributed by atoms with van der Waals surface area (Å²) >= 11 is 0. The van der Waals surface area contributed by atoms with Crippen LogP contribution in [0.2, 0.25) is 0 Å². The third kappa shape index (κ3) is 9.42. The van der Waals surface area contributed by atoms with Crippen molar-refractivity contribution in [2.45, 2.75) is 0 Å². The molecule has 1 rings (SSSR count). The number of nitrogens with one attached hydrogen (secondary N) is 4. The Bertz CT molecular complexity index is 479. The SMILES string of the molecule is NCCNCCNOC(=O)c1ccc(C(=O)ONCCNCCN)cc1. The van der Waals surface area contributed by atoms with Crippen molar-refractivity contribution >= 4 is 11.9 Å². The molecule has 8 N–H and O–H groups in total. The summed E-state index contributed by atoms with van der Waals surface area (Å²) in [6, 6.07) is 5.98. The van der Waals surface area contributed by atoms with Gasteiger partial charge in [0.1, 0.15) is 0 Å². The monoisotopic (exact) mass is 368 g/mol. The highest BCUT2D eigenvalue weighted by Crippen LogP contribution is 2.06. The molecule has 0 fully saturated rings. The number of rotatable bonds is 14. The third-order valence-corrected chi connectivity index (χ3v) is 3.14. The lowest BCUT2D eigenvalue weighted by molar-refractivity contribution is 0.0244. The van der Waals surface area contributed by atoms with E-state index in [2.05, 4.69) is 21.6 Å². The molecule has 1 aromatic rings. The summed E-state index contributed by atoms with van der Waals surface area (Å²) in [5.41, 5.74) is 16.4. The van der Waals surface area contributed by atoms with Crippen molar-refractivity contribution in [3.63, 3.8) is 0 Å². The second-order valence-electron chi connectivity index (χ2n) is 5.22. The predicted molar refractivity (Wildman–Crippen MR) is 97.1 cm³/mol. The van der Waals surface area contributed by atoms with Crippen LogP contribution < -0.4 is 33.1 Å². The van der Waals surface area contributed by atoms with Crippen LogP contribution in [0.4, 0.5) is 0 Å². The van der Waals surface area contributed by atoms with Gasteiger partial charge in [0.2, 0.25) is 0 Å². The molecule has 0 aliphatic heterocycles. The fourth-order valence-electron chi connectivity index (χ4n) is 1.83. The molecule has 0 spiro atoms. The van der Waals surface area contributed by atoms with E-state index in [1.165, 1.54) is 24.3 Å². The van der Waals surface area contributed by atoms with Crippen molar-refractivity contribution in [2.75, 3.05) is 52.4 Å². The zero-order chi connectivity index (χ0) is 19.0. The molecule has 0 aliphatic rings. The van der Waals surface area contributed by atoms with Gasteiger partial charge in [-0.25, -0.2) is 9.59 Å². The second kappa shape index (κ2) is 14.1. The summed E-state index contributed by atoms with van der Waals surface area (Å²) in [6.45, 7) is 4.68. The Labute approximate surface area is 152 Å². The lowest BCUT2D eigenvalue weighted by atomic mass is 10.1. The Kier molecular flexibility index (Phi) is 11.9. The molecule has 0 radical (unpaired) electrons. The molecular formula is C16H28N6O4. The first-order valence-corrected chi connectivity index (χ1v) is 8.48. The zero-order valence-corrected chi connectivity index (χ0v) is 14.8. The summed E-state index contributed by atoms with van der Waals surface area (Å²) in [5.74, 6) is -1.07. The van der Waals surface area contributed by atoms with Crippen LogP contribution in [0.25, 0.3) is 0 Å². The van der Waals surface area contributed by atoms with E-state index >= 15 is 0 Å². The van der Waals surface area contributed by atoms with E-state index in [0.29, 0.717) is 63.5 Å². The quantitative estimate of drug-likeness (QED) is 0.162. The maximum atomic E-state index is 11.8. The van der Waals surface area contributed by atoms with Gasteiger partial charge in [-0.05, 0) is 24.3 Å². The van der Waals surface area contributed by atoms with Crippen LogP contribution in [0.1, 0.15) is 20.7 Å². The van der Waals surface area contributed by atoms with Crippen LogP contribution in [-0.2, 0) is 9.68 Å².